The van der Waals surface area contributed by atoms with Crippen molar-refractivity contribution in [1.29, 1.82) is 0 Å². The summed E-state index contributed by atoms with van der Waals surface area (Å²) in [5, 5.41) is 49.5. The Bertz CT molecular complexity index is 496. The third-order valence-electron chi connectivity index (χ3n) is 2.65. The Morgan fingerprint density at radius 1 is 1.17 bits per heavy atom. The molecule has 1 saturated heterocycles. The van der Waals surface area contributed by atoms with Gasteiger partial charge in [-0.3, -0.25) is 8.74 Å². The van der Waals surface area contributed by atoms with Crippen LogP contribution in [0.15, 0.2) is 5.16 Å². The van der Waals surface area contributed by atoms with Crippen molar-refractivity contribution in [3.63, 3.8) is 0 Å². The molecule has 23 heavy (non-hydrogen) atoms. The molecule has 0 aromatic heterocycles. The van der Waals surface area contributed by atoms with Crippen LogP contribution in [0, 0.1) is 0 Å². The third kappa shape index (κ3) is 6.46. The molecule has 0 aliphatic carbocycles. The molecule has 1 heterocycles. The average Bonchev–Trinajstić information content (AvgIpc) is 2.48. The molecule has 1 rings (SSSR count). The summed E-state index contributed by atoms with van der Waals surface area (Å²) in [5.74, 6) is 0. The van der Waals surface area contributed by atoms with E-state index in [1.807, 2.05) is 0 Å². The van der Waals surface area contributed by atoms with E-state index in [4.69, 9.17) is 23.7 Å². The molecule has 0 unspecified atom stereocenters. The number of oxime groups is 1. The molecule has 0 radical (unpaired) electrons. The standard InChI is InChI=1S/C9H17NO11S2/c11-2-1-5(10-21-23(16,17)18)22-20-9-8(15)7(14)6(13)4(3-12)19-9/h4,6-9,11-15H,1-3H2,(H,16,17,18)/b10-5+/t4-,6-,7+,8-,9+/m1/s1. The van der Waals surface area contributed by atoms with Crippen LogP contribution in [0.2, 0.25) is 0 Å². The fraction of sp³-hybridized carbons (Fsp3) is 0.889. The van der Waals surface area contributed by atoms with E-state index in [0.717, 1.165) is 0 Å². The number of hydrogen-bond donors (Lipinski definition) is 6. The third-order valence-corrected chi connectivity index (χ3v) is 3.67. The maximum atomic E-state index is 10.4. The second kappa shape index (κ2) is 9.07. The molecule has 136 valence electrons. The fourth-order valence-corrected chi connectivity index (χ4v) is 2.38. The molecule has 6 N–H and O–H groups in total. The van der Waals surface area contributed by atoms with E-state index in [2.05, 4.69) is 9.44 Å². The van der Waals surface area contributed by atoms with Gasteiger partial charge < -0.3 is 30.3 Å². The number of ether oxygens (including phenoxy) is 1. The molecule has 0 saturated carbocycles. The highest BCUT2D eigenvalue weighted by molar-refractivity contribution is 8.09. The van der Waals surface area contributed by atoms with Gasteiger partial charge in [-0.2, -0.15) is 8.42 Å². The maximum Gasteiger partial charge on any atom is 0.466 e. The van der Waals surface area contributed by atoms with Gasteiger partial charge in [0.25, 0.3) is 0 Å². The largest absolute Gasteiger partial charge is 0.466 e. The lowest BCUT2D eigenvalue weighted by molar-refractivity contribution is -0.274. The zero-order valence-corrected chi connectivity index (χ0v) is 13.1. The van der Waals surface area contributed by atoms with Gasteiger partial charge in [-0.15, -0.1) is 0 Å². The van der Waals surface area contributed by atoms with Gasteiger partial charge in [-0.25, -0.2) is 4.28 Å². The topological polar surface area (TPSA) is 196 Å². The summed E-state index contributed by atoms with van der Waals surface area (Å²) in [5.41, 5.74) is 0. The Balaban J connectivity index is 2.68. The van der Waals surface area contributed by atoms with E-state index in [1.165, 1.54) is 0 Å². The number of rotatable bonds is 7. The monoisotopic (exact) mass is 379 g/mol. The van der Waals surface area contributed by atoms with Crippen molar-refractivity contribution in [2.45, 2.75) is 37.1 Å². The Labute approximate surface area is 135 Å². The van der Waals surface area contributed by atoms with Crippen molar-refractivity contribution in [1.82, 2.24) is 0 Å². The highest BCUT2D eigenvalue weighted by atomic mass is 32.3. The van der Waals surface area contributed by atoms with Gasteiger partial charge in [0.1, 0.15) is 29.5 Å². The lowest BCUT2D eigenvalue weighted by Gasteiger charge is -2.39. The van der Waals surface area contributed by atoms with Crippen LogP contribution in [0.1, 0.15) is 6.42 Å². The number of hydrogen-bond acceptors (Lipinski definition) is 12. The zero-order chi connectivity index (χ0) is 17.6. The quantitative estimate of drug-likeness (QED) is 0.0861. The summed E-state index contributed by atoms with van der Waals surface area (Å²) < 4.78 is 43.0. The van der Waals surface area contributed by atoms with Gasteiger partial charge in [-0.1, -0.05) is 5.16 Å². The molecule has 1 fully saturated rings. The highest BCUT2D eigenvalue weighted by Crippen LogP contribution is 2.26. The van der Waals surface area contributed by atoms with E-state index in [1.54, 1.807) is 0 Å². The summed E-state index contributed by atoms with van der Waals surface area (Å²) in [6.45, 7) is -1.11. The lowest BCUT2D eigenvalue weighted by Crippen LogP contribution is -2.58. The summed E-state index contributed by atoms with van der Waals surface area (Å²) >= 11 is 0.343. The molecule has 0 aromatic rings. The van der Waals surface area contributed by atoms with Crippen LogP contribution < -0.4 is 0 Å². The Morgan fingerprint density at radius 3 is 2.35 bits per heavy atom. The summed E-state index contributed by atoms with van der Waals surface area (Å²) in [7, 11) is -4.85. The van der Waals surface area contributed by atoms with E-state index >= 15 is 0 Å². The smallest absolute Gasteiger partial charge is 0.396 e. The van der Waals surface area contributed by atoms with E-state index < -0.39 is 54.3 Å². The minimum absolute atomic E-state index is 0.211. The predicted molar refractivity (Wildman–Crippen MR) is 74.2 cm³/mol. The fourth-order valence-electron chi connectivity index (χ4n) is 1.54. The second-order valence-corrected chi connectivity index (χ2v) is 6.17. The van der Waals surface area contributed by atoms with Crippen molar-refractivity contribution in [2.24, 2.45) is 5.16 Å². The Kier molecular flexibility index (Phi) is 8.08. The van der Waals surface area contributed by atoms with Gasteiger partial charge in [0.2, 0.25) is 0 Å². The molecule has 1 aliphatic heterocycles. The molecular formula is C9H17NO11S2. The van der Waals surface area contributed by atoms with Crippen molar-refractivity contribution >= 4 is 27.5 Å². The highest BCUT2D eigenvalue weighted by Gasteiger charge is 2.44. The van der Waals surface area contributed by atoms with Crippen molar-refractivity contribution < 1.29 is 51.7 Å². The van der Waals surface area contributed by atoms with Crippen LogP contribution in [0.4, 0.5) is 0 Å². The van der Waals surface area contributed by atoms with Gasteiger partial charge in [0.05, 0.1) is 18.6 Å². The first-order valence-corrected chi connectivity index (χ1v) is 8.28. The molecule has 0 amide bonds. The maximum absolute atomic E-state index is 10.4. The number of aliphatic hydroxyl groups is 5. The van der Waals surface area contributed by atoms with E-state index in [-0.39, 0.29) is 11.5 Å². The molecule has 0 aromatic carbocycles. The second-order valence-electron chi connectivity index (χ2n) is 4.34. The first kappa shape index (κ1) is 20.5. The van der Waals surface area contributed by atoms with Crippen LogP contribution in [0.25, 0.3) is 0 Å². The summed E-state index contributed by atoms with van der Waals surface area (Å²) in [6.07, 6.45) is -7.78. The lowest BCUT2D eigenvalue weighted by atomic mass is 10.00. The SMILES string of the molecule is O=S(=O)(O)O/N=C(\CCO)SO[C@@H]1O[C@H](CO)[C@@H](O)[C@H](O)[C@H]1O. The van der Waals surface area contributed by atoms with Crippen LogP contribution in [-0.4, -0.2) is 87.5 Å². The zero-order valence-electron chi connectivity index (χ0n) is 11.5. The molecule has 5 atom stereocenters. The van der Waals surface area contributed by atoms with Crippen LogP contribution >= 0.6 is 12.0 Å². The Morgan fingerprint density at radius 2 is 1.83 bits per heavy atom. The normalized spacial score (nSPS) is 32.8. The summed E-state index contributed by atoms with van der Waals surface area (Å²) in [4.78, 5) is 0. The van der Waals surface area contributed by atoms with Gasteiger partial charge in [0.15, 0.2) is 6.29 Å². The van der Waals surface area contributed by atoms with Gasteiger partial charge >= 0.3 is 10.4 Å². The van der Waals surface area contributed by atoms with Crippen molar-refractivity contribution in [2.75, 3.05) is 13.2 Å². The molecule has 1 aliphatic rings. The van der Waals surface area contributed by atoms with E-state index in [9.17, 15) is 23.7 Å². The summed E-state index contributed by atoms with van der Waals surface area (Å²) in [6, 6.07) is 0. The van der Waals surface area contributed by atoms with Crippen molar-refractivity contribution in [3.8, 4) is 0 Å². The van der Waals surface area contributed by atoms with E-state index in [0.29, 0.717) is 12.0 Å². The molecule has 12 nitrogen and oxygen atoms in total. The molecule has 14 heteroatoms. The van der Waals surface area contributed by atoms with Gasteiger partial charge in [-0.05, 0) is 0 Å². The molecular weight excluding hydrogens is 362 g/mol. The van der Waals surface area contributed by atoms with Crippen LogP contribution in [-0.2, 0) is 23.6 Å². The van der Waals surface area contributed by atoms with Crippen molar-refractivity contribution in [3.05, 3.63) is 0 Å². The molecule has 0 spiro atoms. The first-order chi connectivity index (χ1) is 10.7. The minimum atomic E-state index is -4.85. The van der Waals surface area contributed by atoms with Crippen LogP contribution in [0.3, 0.4) is 0 Å². The first-order valence-electron chi connectivity index (χ1n) is 6.17. The average molecular weight is 379 g/mol. The van der Waals surface area contributed by atoms with Crippen LogP contribution in [0.5, 0.6) is 0 Å². The minimum Gasteiger partial charge on any atom is -0.396 e. The predicted octanol–water partition coefficient (Wildman–Crippen LogP) is -3.03. The molecule has 0 bridgehead atoms. The van der Waals surface area contributed by atoms with Gasteiger partial charge in [0, 0.05) is 13.0 Å². The Hall–Kier alpha value is -0.550. The number of aliphatic hydroxyl groups excluding tert-OH is 5. The number of nitrogens with zero attached hydrogens (tertiary/aromatic N) is 1.